The Balaban J connectivity index is 0.00000156. The van der Waals surface area contributed by atoms with Gasteiger partial charge in [-0.25, -0.2) is 0 Å². The number of nitrogens with one attached hydrogen (secondary N) is 2. The summed E-state index contributed by atoms with van der Waals surface area (Å²) in [6.07, 6.45) is 3.57. The van der Waals surface area contributed by atoms with Gasteiger partial charge in [-0.1, -0.05) is 6.42 Å². The van der Waals surface area contributed by atoms with Crippen LogP contribution in [0.25, 0.3) is 0 Å². The van der Waals surface area contributed by atoms with Gasteiger partial charge in [-0.2, -0.15) is 0 Å². The van der Waals surface area contributed by atoms with Crippen molar-refractivity contribution in [1.29, 1.82) is 0 Å². The molecule has 0 saturated carbocycles. The van der Waals surface area contributed by atoms with Crippen LogP contribution in [0.1, 0.15) is 25.7 Å². The van der Waals surface area contributed by atoms with Gasteiger partial charge in [0, 0.05) is 39.1 Å². The topological polar surface area (TPSA) is 73.9 Å². The van der Waals surface area contributed by atoms with Crippen LogP contribution in [0.3, 0.4) is 0 Å². The number of piperidine rings is 1. The van der Waals surface area contributed by atoms with E-state index in [-0.39, 0.29) is 48.7 Å². The molecule has 3 heterocycles. The Hall–Kier alpha value is -0.600. The molecule has 0 aromatic rings. The fraction of sp³-hybridized carbons (Fsp3) is 0.875. The molecule has 0 aromatic heterocycles. The van der Waals surface area contributed by atoms with E-state index < -0.39 is 0 Å². The van der Waals surface area contributed by atoms with Crippen LogP contribution in [0.5, 0.6) is 0 Å². The number of rotatable bonds is 5. The summed E-state index contributed by atoms with van der Waals surface area (Å²) in [6, 6.07) is -0.121. The van der Waals surface area contributed by atoms with E-state index >= 15 is 0 Å². The summed E-state index contributed by atoms with van der Waals surface area (Å²) >= 11 is 0. The van der Waals surface area contributed by atoms with Crippen molar-refractivity contribution in [2.24, 2.45) is 0 Å². The quantitative estimate of drug-likeness (QED) is 0.685. The number of hydrogen-bond acceptors (Lipinski definition) is 5. The van der Waals surface area contributed by atoms with Crippen molar-refractivity contribution in [2.45, 2.75) is 37.8 Å². The van der Waals surface area contributed by atoms with Crippen LogP contribution >= 0.6 is 24.8 Å². The van der Waals surface area contributed by atoms with Crippen molar-refractivity contribution < 1.29 is 14.3 Å². The molecular formula is C16H30Cl2N4O3. The predicted molar refractivity (Wildman–Crippen MR) is 101 cm³/mol. The minimum absolute atomic E-state index is 0. The van der Waals surface area contributed by atoms with E-state index in [1.807, 2.05) is 4.90 Å². The van der Waals surface area contributed by atoms with Crippen molar-refractivity contribution in [1.82, 2.24) is 20.4 Å². The summed E-state index contributed by atoms with van der Waals surface area (Å²) in [5.74, 6) is 0.206. The molecule has 3 aliphatic rings. The Labute approximate surface area is 162 Å². The fourth-order valence-corrected chi connectivity index (χ4v) is 3.55. The average Bonchev–Trinajstić information content (AvgIpc) is 2.94. The normalized spacial score (nSPS) is 27.4. The van der Waals surface area contributed by atoms with Crippen LogP contribution in [0, 0.1) is 0 Å². The molecule has 0 aromatic carbocycles. The standard InChI is InChI=1S/C16H28N4O3.2ClH/c21-15-11-13(18-16(22)14-3-1-2-4-17-14)12-20(15)6-5-19-7-9-23-10-8-19;;/h13-14,17H,1-12H2,(H,18,22);2*1H/t13?,14-;;/m1../s1. The highest BCUT2D eigenvalue weighted by atomic mass is 35.5. The van der Waals surface area contributed by atoms with Crippen LogP contribution in [-0.4, -0.2) is 86.2 Å². The molecular weight excluding hydrogens is 367 g/mol. The summed E-state index contributed by atoms with van der Waals surface area (Å²) in [5, 5.41) is 6.30. The van der Waals surface area contributed by atoms with Gasteiger partial charge in [0.1, 0.15) is 0 Å². The molecule has 0 aliphatic carbocycles. The van der Waals surface area contributed by atoms with Gasteiger partial charge in [-0.3, -0.25) is 14.5 Å². The molecule has 9 heteroatoms. The van der Waals surface area contributed by atoms with Crippen molar-refractivity contribution in [2.75, 3.05) is 52.5 Å². The molecule has 25 heavy (non-hydrogen) atoms. The fourth-order valence-electron chi connectivity index (χ4n) is 3.55. The summed E-state index contributed by atoms with van der Waals surface area (Å²) in [4.78, 5) is 28.6. The summed E-state index contributed by atoms with van der Waals surface area (Å²) < 4.78 is 5.34. The highest BCUT2D eigenvalue weighted by Gasteiger charge is 2.32. The smallest absolute Gasteiger partial charge is 0.237 e. The number of carbonyl (C=O) groups is 2. The first-order valence-electron chi connectivity index (χ1n) is 8.84. The third kappa shape index (κ3) is 6.57. The first-order valence-corrected chi connectivity index (χ1v) is 8.84. The van der Waals surface area contributed by atoms with E-state index in [0.717, 1.165) is 65.2 Å². The van der Waals surface area contributed by atoms with Crippen LogP contribution in [0.15, 0.2) is 0 Å². The Morgan fingerprint density at radius 1 is 1.20 bits per heavy atom. The SMILES string of the molecule is Cl.Cl.O=C(NC1CC(=O)N(CCN2CCOCC2)C1)[C@H]1CCCCN1. The molecule has 3 aliphatic heterocycles. The molecule has 2 N–H and O–H groups in total. The number of amides is 2. The molecule has 2 atom stereocenters. The lowest BCUT2D eigenvalue weighted by molar-refractivity contribution is -0.128. The van der Waals surface area contributed by atoms with E-state index in [0.29, 0.717) is 13.0 Å². The highest BCUT2D eigenvalue weighted by molar-refractivity contribution is 5.86. The average molecular weight is 397 g/mol. The Morgan fingerprint density at radius 3 is 2.64 bits per heavy atom. The van der Waals surface area contributed by atoms with E-state index in [4.69, 9.17) is 4.74 Å². The van der Waals surface area contributed by atoms with Gasteiger partial charge in [0.25, 0.3) is 0 Å². The van der Waals surface area contributed by atoms with Crippen LogP contribution in [0.4, 0.5) is 0 Å². The zero-order chi connectivity index (χ0) is 16.1. The van der Waals surface area contributed by atoms with Crippen LogP contribution in [0.2, 0.25) is 0 Å². The second-order valence-corrected chi connectivity index (χ2v) is 6.71. The predicted octanol–water partition coefficient (Wildman–Crippen LogP) is 0.0214. The molecule has 0 bridgehead atoms. The maximum absolute atomic E-state index is 12.2. The lowest BCUT2D eigenvalue weighted by Crippen LogP contribution is -2.50. The summed E-state index contributed by atoms with van der Waals surface area (Å²) in [7, 11) is 0. The van der Waals surface area contributed by atoms with Crippen LogP contribution < -0.4 is 10.6 Å². The van der Waals surface area contributed by atoms with Crippen molar-refractivity contribution in [3.05, 3.63) is 0 Å². The van der Waals surface area contributed by atoms with E-state index in [9.17, 15) is 9.59 Å². The number of halogens is 2. The van der Waals surface area contributed by atoms with Gasteiger partial charge >= 0.3 is 0 Å². The molecule has 0 radical (unpaired) electrons. The minimum Gasteiger partial charge on any atom is -0.379 e. The molecule has 3 rings (SSSR count). The maximum Gasteiger partial charge on any atom is 0.237 e. The largest absolute Gasteiger partial charge is 0.379 e. The first-order chi connectivity index (χ1) is 11.2. The molecule has 0 spiro atoms. The van der Waals surface area contributed by atoms with E-state index in [1.165, 1.54) is 0 Å². The van der Waals surface area contributed by atoms with Crippen molar-refractivity contribution in [3.8, 4) is 0 Å². The number of carbonyl (C=O) groups excluding carboxylic acids is 2. The third-order valence-corrected chi connectivity index (χ3v) is 4.98. The number of morpholine rings is 1. The maximum atomic E-state index is 12.2. The van der Waals surface area contributed by atoms with Gasteiger partial charge in [-0.15, -0.1) is 24.8 Å². The molecule has 3 fully saturated rings. The van der Waals surface area contributed by atoms with E-state index in [2.05, 4.69) is 15.5 Å². The molecule has 2 amide bonds. The first kappa shape index (κ1) is 22.4. The van der Waals surface area contributed by atoms with Crippen molar-refractivity contribution >= 4 is 36.6 Å². The van der Waals surface area contributed by atoms with Crippen molar-refractivity contribution in [3.63, 3.8) is 0 Å². The van der Waals surface area contributed by atoms with E-state index in [1.54, 1.807) is 0 Å². The monoisotopic (exact) mass is 396 g/mol. The molecule has 1 unspecified atom stereocenters. The number of likely N-dealkylation sites (tertiary alicyclic amines) is 1. The van der Waals surface area contributed by atoms with Gasteiger partial charge in [-0.05, 0) is 19.4 Å². The summed E-state index contributed by atoms with van der Waals surface area (Å²) in [5.41, 5.74) is 0. The van der Waals surface area contributed by atoms with Gasteiger partial charge < -0.3 is 20.3 Å². The molecule has 7 nitrogen and oxygen atoms in total. The zero-order valence-electron chi connectivity index (χ0n) is 14.6. The number of hydrogen-bond donors (Lipinski definition) is 2. The lowest BCUT2D eigenvalue weighted by atomic mass is 10.0. The van der Waals surface area contributed by atoms with Gasteiger partial charge in [0.15, 0.2) is 0 Å². The lowest BCUT2D eigenvalue weighted by Gasteiger charge is -2.28. The molecule has 146 valence electrons. The Kier molecular flexibility index (Phi) is 10.0. The van der Waals surface area contributed by atoms with Crippen LogP contribution in [-0.2, 0) is 14.3 Å². The van der Waals surface area contributed by atoms with Gasteiger partial charge in [0.05, 0.1) is 25.3 Å². The minimum atomic E-state index is -0.0822. The number of ether oxygens (including phenoxy) is 1. The second kappa shape index (κ2) is 11.2. The van der Waals surface area contributed by atoms with Gasteiger partial charge in [0.2, 0.25) is 11.8 Å². The second-order valence-electron chi connectivity index (χ2n) is 6.71. The molecule has 3 saturated heterocycles. The Morgan fingerprint density at radius 2 is 1.96 bits per heavy atom. The third-order valence-electron chi connectivity index (χ3n) is 4.98. The highest BCUT2D eigenvalue weighted by Crippen LogP contribution is 2.13. The summed E-state index contributed by atoms with van der Waals surface area (Å²) in [6.45, 7) is 6.62. The number of nitrogens with zero attached hydrogens (tertiary/aromatic N) is 2. The zero-order valence-corrected chi connectivity index (χ0v) is 16.2. The Bertz CT molecular complexity index is 430.